The second-order valence-electron chi connectivity index (χ2n) is 5.55. The van der Waals surface area contributed by atoms with Gasteiger partial charge in [0.1, 0.15) is 5.75 Å². The van der Waals surface area contributed by atoms with Crippen LogP contribution in [0, 0.1) is 0 Å². The lowest BCUT2D eigenvalue weighted by molar-refractivity contribution is 0.375. The summed E-state index contributed by atoms with van der Waals surface area (Å²) in [6.07, 6.45) is 1.61. The van der Waals surface area contributed by atoms with Gasteiger partial charge in [-0.15, -0.1) is 0 Å². The minimum absolute atomic E-state index is 0.439. The van der Waals surface area contributed by atoms with Crippen LogP contribution in [0.3, 0.4) is 0 Å². The van der Waals surface area contributed by atoms with Crippen molar-refractivity contribution >= 4 is 27.3 Å². The first-order chi connectivity index (χ1) is 11.4. The second kappa shape index (κ2) is 6.45. The number of hydrogen-bond donors (Lipinski definition) is 0. The molecule has 0 aromatic heterocycles. The highest BCUT2D eigenvalue weighted by atomic mass is 35.5. The highest BCUT2D eigenvalue weighted by molar-refractivity contribution is 7.88. The lowest BCUT2D eigenvalue weighted by Gasteiger charge is -2.22. The van der Waals surface area contributed by atoms with Crippen molar-refractivity contribution < 1.29 is 13.2 Å². The maximum atomic E-state index is 12.2. The molecule has 0 aliphatic carbocycles. The van der Waals surface area contributed by atoms with Gasteiger partial charge in [0.25, 0.3) is 0 Å². The Morgan fingerprint density at radius 1 is 1.17 bits per heavy atom. The molecular formula is C17H17ClN2O3S. The number of hydrazone groups is 1. The molecule has 0 N–H and O–H groups in total. The standard InChI is InChI=1S/C17H17ClN2O3S/c1-23-13-9-7-12(8-10-13)16-11-17(20(19-16)24(2,21)22)14-5-3-4-6-15(14)18/h3-10,17H,11H2,1-2H3/t17-/m0/s1. The normalized spacial score (nSPS) is 17.7. The van der Waals surface area contributed by atoms with Crippen LogP contribution < -0.4 is 4.74 Å². The van der Waals surface area contributed by atoms with Gasteiger partial charge in [-0.2, -0.15) is 9.52 Å². The van der Waals surface area contributed by atoms with Gasteiger partial charge in [0.2, 0.25) is 10.0 Å². The van der Waals surface area contributed by atoms with Crippen LogP contribution in [-0.2, 0) is 10.0 Å². The number of hydrogen-bond acceptors (Lipinski definition) is 4. The molecule has 3 rings (SSSR count). The van der Waals surface area contributed by atoms with E-state index >= 15 is 0 Å². The quantitative estimate of drug-likeness (QED) is 0.834. The Morgan fingerprint density at radius 3 is 2.42 bits per heavy atom. The van der Waals surface area contributed by atoms with Crippen molar-refractivity contribution in [3.8, 4) is 5.75 Å². The van der Waals surface area contributed by atoms with Crippen LogP contribution in [-0.4, -0.2) is 31.9 Å². The number of benzene rings is 2. The summed E-state index contributed by atoms with van der Waals surface area (Å²) < 4.78 is 30.6. The van der Waals surface area contributed by atoms with Crippen molar-refractivity contribution in [3.63, 3.8) is 0 Å². The molecule has 1 atom stereocenters. The number of methoxy groups -OCH3 is 1. The molecule has 0 fully saturated rings. The molecular weight excluding hydrogens is 348 g/mol. The lowest BCUT2D eigenvalue weighted by Crippen LogP contribution is -2.26. The molecule has 0 saturated heterocycles. The molecule has 24 heavy (non-hydrogen) atoms. The second-order valence-corrected chi connectivity index (χ2v) is 7.80. The van der Waals surface area contributed by atoms with E-state index in [0.717, 1.165) is 27.5 Å². The first-order valence-corrected chi connectivity index (χ1v) is 9.58. The van der Waals surface area contributed by atoms with E-state index in [1.807, 2.05) is 42.5 Å². The molecule has 0 unspecified atom stereocenters. The maximum Gasteiger partial charge on any atom is 0.247 e. The Morgan fingerprint density at radius 2 is 1.83 bits per heavy atom. The Bertz CT molecular complexity index is 879. The topological polar surface area (TPSA) is 59.0 Å². The molecule has 0 radical (unpaired) electrons. The molecule has 5 nitrogen and oxygen atoms in total. The molecule has 0 bridgehead atoms. The van der Waals surface area contributed by atoms with E-state index in [4.69, 9.17) is 16.3 Å². The third-order valence-corrected chi connectivity index (χ3v) is 5.26. The Hall–Kier alpha value is -2.05. The molecule has 2 aromatic carbocycles. The zero-order chi connectivity index (χ0) is 17.3. The van der Waals surface area contributed by atoms with Crippen molar-refractivity contribution in [1.82, 2.24) is 4.41 Å². The summed E-state index contributed by atoms with van der Waals surface area (Å²) in [5.41, 5.74) is 2.31. The molecule has 126 valence electrons. The fourth-order valence-corrected chi connectivity index (χ4v) is 3.89. The third kappa shape index (κ3) is 3.25. The number of sulfonamides is 1. The largest absolute Gasteiger partial charge is 0.497 e. The summed E-state index contributed by atoms with van der Waals surface area (Å²) in [5, 5.41) is 4.88. The number of nitrogens with zero attached hydrogens (tertiary/aromatic N) is 2. The lowest BCUT2D eigenvalue weighted by atomic mass is 9.99. The van der Waals surface area contributed by atoms with Crippen molar-refractivity contribution in [2.75, 3.05) is 13.4 Å². The monoisotopic (exact) mass is 364 g/mol. The fourth-order valence-electron chi connectivity index (χ4n) is 2.73. The zero-order valence-corrected chi connectivity index (χ0v) is 14.9. The van der Waals surface area contributed by atoms with E-state index in [1.165, 1.54) is 0 Å². The molecule has 0 saturated carbocycles. The molecule has 2 aromatic rings. The summed E-state index contributed by atoms with van der Waals surface area (Å²) in [6.45, 7) is 0. The van der Waals surface area contributed by atoms with E-state index in [1.54, 1.807) is 13.2 Å². The molecule has 1 aliphatic rings. The molecule has 1 aliphatic heterocycles. The Labute approximate surface area is 146 Å². The van der Waals surface area contributed by atoms with Gasteiger partial charge < -0.3 is 4.74 Å². The summed E-state index contributed by atoms with van der Waals surface area (Å²) in [6, 6.07) is 14.2. The maximum absolute atomic E-state index is 12.2. The predicted octanol–water partition coefficient (Wildman–Crippen LogP) is 3.46. The minimum atomic E-state index is -3.51. The van der Waals surface area contributed by atoms with Crippen LogP contribution in [0.2, 0.25) is 5.02 Å². The molecule has 1 heterocycles. The first-order valence-electron chi connectivity index (χ1n) is 7.36. The summed E-state index contributed by atoms with van der Waals surface area (Å²) in [7, 11) is -1.91. The smallest absolute Gasteiger partial charge is 0.247 e. The predicted molar refractivity (Wildman–Crippen MR) is 95.0 cm³/mol. The summed E-state index contributed by atoms with van der Waals surface area (Å²) >= 11 is 6.26. The summed E-state index contributed by atoms with van der Waals surface area (Å²) in [4.78, 5) is 0. The van der Waals surface area contributed by atoms with Crippen molar-refractivity contribution in [2.45, 2.75) is 12.5 Å². The van der Waals surface area contributed by atoms with Gasteiger partial charge in [0.05, 0.1) is 25.1 Å². The molecule has 0 amide bonds. The fraction of sp³-hybridized carbons (Fsp3) is 0.235. The van der Waals surface area contributed by atoms with Crippen molar-refractivity contribution in [2.24, 2.45) is 5.10 Å². The van der Waals surface area contributed by atoms with Crippen LogP contribution >= 0.6 is 11.6 Å². The Balaban J connectivity index is 2.00. The highest BCUT2D eigenvalue weighted by Gasteiger charge is 2.35. The van der Waals surface area contributed by atoms with Crippen molar-refractivity contribution in [3.05, 3.63) is 64.7 Å². The molecule has 7 heteroatoms. The minimum Gasteiger partial charge on any atom is -0.497 e. The number of rotatable bonds is 4. The number of halogens is 1. The van der Waals surface area contributed by atoms with Crippen LogP contribution in [0.5, 0.6) is 5.75 Å². The van der Waals surface area contributed by atoms with Crippen LogP contribution in [0.4, 0.5) is 0 Å². The average Bonchev–Trinajstić information content (AvgIpc) is 3.01. The van der Waals surface area contributed by atoms with Gasteiger partial charge in [-0.1, -0.05) is 29.8 Å². The molecule has 0 spiro atoms. The van der Waals surface area contributed by atoms with Gasteiger partial charge in [-0.3, -0.25) is 0 Å². The first kappa shape index (κ1) is 16.8. The Kier molecular flexibility index (Phi) is 4.51. The van der Waals surface area contributed by atoms with Crippen LogP contribution in [0.25, 0.3) is 0 Å². The number of ether oxygens (including phenoxy) is 1. The average molecular weight is 365 g/mol. The highest BCUT2D eigenvalue weighted by Crippen LogP contribution is 2.37. The van der Waals surface area contributed by atoms with E-state index in [2.05, 4.69) is 5.10 Å². The van der Waals surface area contributed by atoms with Gasteiger partial charge in [-0.05, 0) is 41.5 Å². The van der Waals surface area contributed by atoms with E-state index < -0.39 is 16.1 Å². The van der Waals surface area contributed by atoms with Gasteiger partial charge in [-0.25, -0.2) is 8.42 Å². The van der Waals surface area contributed by atoms with Gasteiger partial charge in [0.15, 0.2) is 0 Å². The van der Waals surface area contributed by atoms with Gasteiger partial charge >= 0.3 is 0 Å². The van der Waals surface area contributed by atoms with Crippen LogP contribution in [0.15, 0.2) is 53.6 Å². The van der Waals surface area contributed by atoms with E-state index in [9.17, 15) is 8.42 Å². The SMILES string of the molecule is COc1ccc(C2=NN(S(C)(=O)=O)[C@H](c3ccccc3Cl)C2)cc1. The zero-order valence-electron chi connectivity index (χ0n) is 13.3. The summed E-state index contributed by atoms with van der Waals surface area (Å²) in [5.74, 6) is 0.736. The van der Waals surface area contributed by atoms with Crippen LogP contribution in [0.1, 0.15) is 23.6 Å². The third-order valence-electron chi connectivity index (χ3n) is 3.90. The van der Waals surface area contributed by atoms with E-state index in [-0.39, 0.29) is 0 Å². The van der Waals surface area contributed by atoms with Crippen molar-refractivity contribution in [1.29, 1.82) is 0 Å². The van der Waals surface area contributed by atoms with Gasteiger partial charge in [0, 0.05) is 11.4 Å². The van der Waals surface area contributed by atoms with E-state index in [0.29, 0.717) is 17.2 Å².